The molecule has 34 heavy (non-hydrogen) atoms. The van der Waals surface area contributed by atoms with Crippen LogP contribution in [0.25, 0.3) is 0 Å². The van der Waals surface area contributed by atoms with E-state index in [4.69, 9.17) is 0 Å². The Morgan fingerprint density at radius 1 is 1.00 bits per heavy atom. The van der Waals surface area contributed by atoms with Crippen molar-refractivity contribution >= 4 is 37.0 Å². The second-order valence-corrected chi connectivity index (χ2v) is 11.4. The fraction of sp³-hybridized carbons (Fsp3) is 0.250. The molecular formula is C20H18F3N5O4S2. The van der Waals surface area contributed by atoms with E-state index in [1.165, 1.54) is 30.7 Å². The van der Waals surface area contributed by atoms with Gasteiger partial charge in [-0.1, -0.05) is 0 Å². The number of nitrogens with zero attached hydrogens (tertiary/aromatic N) is 4. The van der Waals surface area contributed by atoms with E-state index in [9.17, 15) is 30.0 Å². The molecule has 0 atom stereocenters. The third-order valence-corrected chi connectivity index (χ3v) is 7.81. The van der Waals surface area contributed by atoms with Crippen molar-refractivity contribution in [2.75, 3.05) is 23.0 Å². The van der Waals surface area contributed by atoms with Crippen LogP contribution in [-0.4, -0.2) is 50.1 Å². The molecule has 1 aliphatic rings. The molecule has 0 aliphatic carbocycles. The summed E-state index contributed by atoms with van der Waals surface area (Å²) in [5.74, 6) is 0.741. The molecule has 1 aromatic carbocycles. The van der Waals surface area contributed by atoms with Crippen molar-refractivity contribution in [3.63, 3.8) is 0 Å². The first-order valence-electron chi connectivity index (χ1n) is 9.79. The van der Waals surface area contributed by atoms with Crippen LogP contribution in [0.4, 0.5) is 30.5 Å². The number of pyridine rings is 1. The van der Waals surface area contributed by atoms with Crippen molar-refractivity contribution in [2.45, 2.75) is 28.3 Å². The zero-order valence-electron chi connectivity index (χ0n) is 17.6. The lowest BCUT2D eigenvalue weighted by Gasteiger charge is -2.30. The maximum absolute atomic E-state index is 12.7. The van der Waals surface area contributed by atoms with Crippen LogP contribution in [0.1, 0.15) is 11.3 Å². The average molecular weight is 514 g/mol. The zero-order chi connectivity index (χ0) is 24.7. The van der Waals surface area contributed by atoms with Gasteiger partial charge in [-0.2, -0.15) is 13.2 Å². The van der Waals surface area contributed by atoms with Gasteiger partial charge in [0.25, 0.3) is 9.84 Å². The van der Waals surface area contributed by atoms with Crippen molar-refractivity contribution in [2.24, 2.45) is 0 Å². The van der Waals surface area contributed by atoms with E-state index in [0.29, 0.717) is 36.0 Å². The SMILES string of the molecule is CS(=O)(=O)c1cccnc1N1CCc2c(ncnc2Nc2ccc(S(=O)(=O)C(F)(F)F)cc2)C1. The molecule has 9 nitrogen and oxygen atoms in total. The monoisotopic (exact) mass is 513 g/mol. The minimum absolute atomic E-state index is 0.111. The number of hydrogen-bond donors (Lipinski definition) is 1. The number of fused-ring (bicyclic) bond motifs is 1. The summed E-state index contributed by atoms with van der Waals surface area (Å²) in [6, 6.07) is 7.21. The summed E-state index contributed by atoms with van der Waals surface area (Å²) in [5.41, 5.74) is -3.66. The van der Waals surface area contributed by atoms with Gasteiger partial charge in [0.05, 0.1) is 17.1 Å². The quantitative estimate of drug-likeness (QED) is 0.549. The van der Waals surface area contributed by atoms with E-state index in [-0.39, 0.29) is 11.4 Å². The molecular weight excluding hydrogens is 495 g/mol. The van der Waals surface area contributed by atoms with Crippen molar-refractivity contribution in [3.8, 4) is 0 Å². The van der Waals surface area contributed by atoms with E-state index in [0.717, 1.165) is 24.0 Å². The number of sulfone groups is 2. The van der Waals surface area contributed by atoms with Gasteiger partial charge >= 0.3 is 5.51 Å². The molecule has 1 N–H and O–H groups in total. The van der Waals surface area contributed by atoms with Gasteiger partial charge in [0.2, 0.25) is 0 Å². The van der Waals surface area contributed by atoms with Crippen LogP contribution in [0.5, 0.6) is 0 Å². The van der Waals surface area contributed by atoms with Crippen LogP contribution in [0.3, 0.4) is 0 Å². The molecule has 0 fully saturated rings. The predicted octanol–water partition coefficient (Wildman–Crippen LogP) is 2.87. The van der Waals surface area contributed by atoms with Crippen molar-refractivity contribution in [1.29, 1.82) is 0 Å². The van der Waals surface area contributed by atoms with Gasteiger partial charge in [0, 0.05) is 30.2 Å². The minimum atomic E-state index is -5.43. The zero-order valence-corrected chi connectivity index (χ0v) is 19.2. The molecule has 180 valence electrons. The summed E-state index contributed by atoms with van der Waals surface area (Å²) in [5, 5.41) is 2.98. The van der Waals surface area contributed by atoms with Crippen LogP contribution >= 0.6 is 0 Å². The molecule has 3 aromatic rings. The maximum Gasteiger partial charge on any atom is 0.501 e. The van der Waals surface area contributed by atoms with Crippen LogP contribution in [0.15, 0.2) is 58.7 Å². The molecule has 0 amide bonds. The normalized spacial score (nSPS) is 14.5. The highest BCUT2D eigenvalue weighted by Crippen LogP contribution is 2.33. The lowest BCUT2D eigenvalue weighted by Crippen LogP contribution is -2.33. The molecule has 2 aromatic heterocycles. The molecule has 1 aliphatic heterocycles. The Morgan fingerprint density at radius 2 is 1.71 bits per heavy atom. The Kier molecular flexibility index (Phi) is 5.97. The van der Waals surface area contributed by atoms with E-state index in [2.05, 4.69) is 20.3 Å². The van der Waals surface area contributed by atoms with Crippen LogP contribution in [0, 0.1) is 0 Å². The third kappa shape index (κ3) is 4.55. The molecule has 0 unspecified atom stereocenters. The Hall–Kier alpha value is -3.26. The van der Waals surface area contributed by atoms with Gasteiger partial charge in [0.1, 0.15) is 22.9 Å². The largest absolute Gasteiger partial charge is 0.501 e. The van der Waals surface area contributed by atoms with Crippen LogP contribution in [-0.2, 0) is 32.6 Å². The summed E-state index contributed by atoms with van der Waals surface area (Å²) in [7, 11) is -8.93. The predicted molar refractivity (Wildman–Crippen MR) is 117 cm³/mol. The van der Waals surface area contributed by atoms with E-state index in [1.54, 1.807) is 11.0 Å². The summed E-state index contributed by atoms with van der Waals surface area (Å²) in [4.78, 5) is 13.8. The molecule has 0 bridgehead atoms. The molecule has 0 radical (unpaired) electrons. The van der Waals surface area contributed by atoms with Gasteiger partial charge in [-0.05, 0) is 42.8 Å². The van der Waals surface area contributed by atoms with Crippen molar-refractivity contribution in [1.82, 2.24) is 15.0 Å². The summed E-state index contributed by atoms with van der Waals surface area (Å²) >= 11 is 0. The van der Waals surface area contributed by atoms with E-state index < -0.39 is 30.1 Å². The standard InChI is InChI=1S/C20H18F3N5O4S2/c1-33(29,30)17-3-2-9-24-19(17)28-10-8-15-16(11-28)25-12-26-18(15)27-13-4-6-14(7-5-13)34(31,32)20(21,22)23/h2-7,9,12H,8,10-11H2,1H3,(H,25,26,27). The first-order valence-corrected chi connectivity index (χ1v) is 13.2. The number of rotatable bonds is 5. The van der Waals surface area contributed by atoms with Gasteiger partial charge in [-0.25, -0.2) is 31.8 Å². The van der Waals surface area contributed by atoms with Crippen molar-refractivity contribution < 1.29 is 30.0 Å². The van der Waals surface area contributed by atoms with Gasteiger partial charge in [-0.3, -0.25) is 0 Å². The number of aromatic nitrogens is 3. The van der Waals surface area contributed by atoms with Gasteiger partial charge in [0.15, 0.2) is 9.84 Å². The molecule has 14 heteroatoms. The fourth-order valence-electron chi connectivity index (χ4n) is 3.54. The second-order valence-electron chi connectivity index (χ2n) is 7.51. The maximum atomic E-state index is 12.7. The molecule has 4 rings (SSSR count). The average Bonchev–Trinajstić information content (AvgIpc) is 2.78. The van der Waals surface area contributed by atoms with Crippen LogP contribution < -0.4 is 10.2 Å². The second kappa shape index (κ2) is 8.51. The first kappa shape index (κ1) is 23.9. The number of nitrogens with one attached hydrogen (secondary N) is 1. The smallest absolute Gasteiger partial charge is 0.349 e. The lowest BCUT2D eigenvalue weighted by atomic mass is 10.1. The number of benzene rings is 1. The molecule has 0 spiro atoms. The van der Waals surface area contributed by atoms with Crippen molar-refractivity contribution in [3.05, 3.63) is 60.2 Å². The number of alkyl halides is 3. The summed E-state index contributed by atoms with van der Waals surface area (Å²) < 4.78 is 85.6. The topological polar surface area (TPSA) is 122 Å². The number of hydrogen-bond acceptors (Lipinski definition) is 9. The van der Waals surface area contributed by atoms with Gasteiger partial charge in [-0.15, -0.1) is 0 Å². The Morgan fingerprint density at radius 3 is 2.35 bits per heavy atom. The molecule has 0 saturated carbocycles. The number of halogens is 3. The fourth-order valence-corrected chi connectivity index (χ4v) is 5.14. The molecule has 0 saturated heterocycles. The lowest BCUT2D eigenvalue weighted by molar-refractivity contribution is -0.0436. The highest BCUT2D eigenvalue weighted by atomic mass is 32.2. The minimum Gasteiger partial charge on any atom is -0.349 e. The number of anilines is 3. The van der Waals surface area contributed by atoms with Gasteiger partial charge < -0.3 is 10.2 Å². The summed E-state index contributed by atoms with van der Waals surface area (Å²) in [6.45, 7) is 0.701. The first-order chi connectivity index (χ1) is 15.9. The van der Waals surface area contributed by atoms with E-state index in [1.807, 2.05) is 0 Å². The highest BCUT2D eigenvalue weighted by molar-refractivity contribution is 7.92. The highest BCUT2D eigenvalue weighted by Gasteiger charge is 2.46. The Balaban J connectivity index is 1.58. The summed E-state index contributed by atoms with van der Waals surface area (Å²) in [6.07, 6.45) is 4.37. The third-order valence-electron chi connectivity index (χ3n) is 5.19. The van der Waals surface area contributed by atoms with Crippen LogP contribution in [0.2, 0.25) is 0 Å². The Labute approximate surface area is 193 Å². The molecule has 3 heterocycles. The Bertz CT molecular complexity index is 1440. The van der Waals surface area contributed by atoms with E-state index >= 15 is 0 Å².